The molecule has 0 amide bonds. The molecule has 2 rings (SSSR count). The van der Waals surface area contributed by atoms with Gasteiger partial charge in [-0.05, 0) is 24.3 Å². The molecule has 0 saturated heterocycles. The highest BCUT2D eigenvalue weighted by atomic mass is 32.2. The van der Waals surface area contributed by atoms with Crippen molar-refractivity contribution in [1.29, 1.82) is 0 Å². The van der Waals surface area contributed by atoms with Gasteiger partial charge in [-0.2, -0.15) is 0 Å². The van der Waals surface area contributed by atoms with E-state index in [4.69, 9.17) is 5.73 Å². The van der Waals surface area contributed by atoms with Crippen LogP contribution in [0.3, 0.4) is 0 Å². The van der Waals surface area contributed by atoms with E-state index >= 15 is 0 Å². The molecule has 4 nitrogen and oxygen atoms in total. The second-order valence-corrected chi connectivity index (χ2v) is 5.57. The van der Waals surface area contributed by atoms with Gasteiger partial charge in [-0.1, -0.05) is 24.3 Å². The van der Waals surface area contributed by atoms with Gasteiger partial charge >= 0.3 is 0 Å². The fourth-order valence-corrected chi connectivity index (χ4v) is 2.78. The van der Waals surface area contributed by atoms with Crippen molar-refractivity contribution in [2.45, 2.75) is 11.4 Å². The summed E-state index contributed by atoms with van der Waals surface area (Å²) in [6.45, 7) is -0.0840. The molecule has 19 heavy (non-hydrogen) atoms. The van der Waals surface area contributed by atoms with Crippen molar-refractivity contribution in [2.24, 2.45) is 5.73 Å². The highest BCUT2D eigenvalue weighted by Crippen LogP contribution is 2.21. The second-order valence-electron chi connectivity index (χ2n) is 3.89. The Labute approximate surface area is 111 Å². The molecule has 0 saturated carbocycles. The summed E-state index contributed by atoms with van der Waals surface area (Å²) in [7, 11) is -3.73. The Morgan fingerprint density at radius 1 is 1.05 bits per heavy atom. The van der Waals surface area contributed by atoms with Crippen molar-refractivity contribution >= 4 is 15.7 Å². The Hall–Kier alpha value is -1.92. The van der Waals surface area contributed by atoms with Crippen LogP contribution >= 0.6 is 0 Å². The van der Waals surface area contributed by atoms with Crippen LogP contribution in [0.4, 0.5) is 10.1 Å². The molecule has 100 valence electrons. The summed E-state index contributed by atoms with van der Waals surface area (Å²) in [5, 5.41) is 0. The number of hydrogen-bond donors (Lipinski definition) is 2. The third-order valence-electron chi connectivity index (χ3n) is 2.62. The highest BCUT2D eigenvalue weighted by Gasteiger charge is 2.16. The molecule has 0 aromatic heterocycles. The lowest BCUT2D eigenvalue weighted by molar-refractivity contribution is 0.600. The Morgan fingerprint density at radius 2 is 1.74 bits per heavy atom. The first-order valence-electron chi connectivity index (χ1n) is 5.60. The van der Waals surface area contributed by atoms with Crippen molar-refractivity contribution in [3.8, 4) is 0 Å². The molecule has 0 fully saturated rings. The normalized spacial score (nSPS) is 11.3. The van der Waals surface area contributed by atoms with Gasteiger partial charge in [-0.25, -0.2) is 12.8 Å². The standard InChI is InChI=1S/C13H13FN2O2S/c14-12-7-4-8-13(11(12)9-15)16-19(17,18)10-5-2-1-3-6-10/h1-8,16H,9,15H2. The number of rotatable bonds is 4. The van der Waals surface area contributed by atoms with E-state index in [1.807, 2.05) is 0 Å². The van der Waals surface area contributed by atoms with Crippen LogP contribution in [-0.4, -0.2) is 8.42 Å². The first kappa shape index (κ1) is 13.5. The van der Waals surface area contributed by atoms with Gasteiger partial charge in [-0.15, -0.1) is 0 Å². The molecule has 0 aliphatic heterocycles. The van der Waals surface area contributed by atoms with Gasteiger partial charge in [0.05, 0.1) is 10.6 Å². The van der Waals surface area contributed by atoms with Gasteiger partial charge in [0, 0.05) is 12.1 Å². The number of nitrogens with two attached hydrogens (primary N) is 1. The summed E-state index contributed by atoms with van der Waals surface area (Å²) in [6, 6.07) is 12.0. The Balaban J connectivity index is 2.39. The van der Waals surface area contributed by atoms with Crippen molar-refractivity contribution in [1.82, 2.24) is 0 Å². The second kappa shape index (κ2) is 5.38. The van der Waals surface area contributed by atoms with Crippen LogP contribution in [0.15, 0.2) is 53.4 Å². The summed E-state index contributed by atoms with van der Waals surface area (Å²) in [4.78, 5) is 0.113. The molecule has 0 bridgehead atoms. The van der Waals surface area contributed by atoms with Crippen LogP contribution in [0, 0.1) is 5.82 Å². The Morgan fingerprint density at radius 3 is 2.37 bits per heavy atom. The monoisotopic (exact) mass is 280 g/mol. The Bertz CT molecular complexity index is 672. The molecule has 0 aliphatic rings. The fraction of sp³-hybridized carbons (Fsp3) is 0.0769. The van der Waals surface area contributed by atoms with E-state index in [1.54, 1.807) is 18.2 Å². The smallest absolute Gasteiger partial charge is 0.261 e. The summed E-state index contributed by atoms with van der Waals surface area (Å²) in [5.41, 5.74) is 5.73. The quantitative estimate of drug-likeness (QED) is 0.900. The molecule has 2 aromatic rings. The van der Waals surface area contributed by atoms with E-state index in [0.29, 0.717) is 0 Å². The number of halogens is 1. The number of sulfonamides is 1. The highest BCUT2D eigenvalue weighted by molar-refractivity contribution is 7.92. The van der Waals surface area contributed by atoms with Crippen LogP contribution in [0.5, 0.6) is 0 Å². The van der Waals surface area contributed by atoms with E-state index in [1.165, 1.54) is 30.3 Å². The minimum absolute atomic E-state index is 0.0840. The van der Waals surface area contributed by atoms with Crippen LogP contribution in [0.2, 0.25) is 0 Å². The van der Waals surface area contributed by atoms with Crippen LogP contribution in [-0.2, 0) is 16.6 Å². The van der Waals surface area contributed by atoms with Gasteiger partial charge < -0.3 is 5.73 Å². The maximum Gasteiger partial charge on any atom is 0.261 e. The van der Waals surface area contributed by atoms with Gasteiger partial charge in [0.25, 0.3) is 10.0 Å². The van der Waals surface area contributed by atoms with Crippen molar-refractivity contribution in [2.75, 3.05) is 4.72 Å². The third kappa shape index (κ3) is 2.91. The molecule has 0 unspecified atom stereocenters. The molecule has 0 atom stereocenters. The van der Waals surface area contributed by atoms with Gasteiger partial charge in [-0.3, -0.25) is 4.72 Å². The molecule has 0 aliphatic carbocycles. The molecule has 0 radical (unpaired) electrons. The number of nitrogens with one attached hydrogen (secondary N) is 1. The summed E-state index contributed by atoms with van der Waals surface area (Å²) < 4.78 is 40.1. The van der Waals surface area contributed by atoms with E-state index in [-0.39, 0.29) is 22.7 Å². The lowest BCUT2D eigenvalue weighted by Gasteiger charge is -2.12. The molecule has 6 heteroatoms. The lowest BCUT2D eigenvalue weighted by Crippen LogP contribution is -2.15. The van der Waals surface area contributed by atoms with Crippen LogP contribution in [0.25, 0.3) is 0 Å². The lowest BCUT2D eigenvalue weighted by atomic mass is 10.2. The fourth-order valence-electron chi connectivity index (χ4n) is 1.67. The minimum atomic E-state index is -3.73. The zero-order valence-corrected chi connectivity index (χ0v) is 10.8. The first-order valence-corrected chi connectivity index (χ1v) is 7.08. The SMILES string of the molecule is NCc1c(F)cccc1NS(=O)(=O)c1ccccc1. The molecule has 0 heterocycles. The number of anilines is 1. The predicted octanol–water partition coefficient (Wildman–Crippen LogP) is 2.09. The zero-order valence-electron chi connectivity index (χ0n) is 10.0. The van der Waals surface area contributed by atoms with Crippen molar-refractivity contribution < 1.29 is 12.8 Å². The average Bonchev–Trinajstić information content (AvgIpc) is 2.40. The number of benzene rings is 2. The zero-order chi connectivity index (χ0) is 13.9. The minimum Gasteiger partial charge on any atom is -0.326 e. The van der Waals surface area contributed by atoms with E-state index in [0.717, 1.165) is 0 Å². The van der Waals surface area contributed by atoms with Crippen LogP contribution in [0.1, 0.15) is 5.56 Å². The third-order valence-corrected chi connectivity index (χ3v) is 4.00. The number of hydrogen-bond acceptors (Lipinski definition) is 3. The maximum atomic E-state index is 13.5. The van der Waals surface area contributed by atoms with E-state index in [2.05, 4.69) is 4.72 Å². The molecule has 3 N–H and O–H groups in total. The topological polar surface area (TPSA) is 72.2 Å². The van der Waals surface area contributed by atoms with E-state index in [9.17, 15) is 12.8 Å². The molecular weight excluding hydrogens is 267 g/mol. The van der Waals surface area contributed by atoms with Crippen molar-refractivity contribution in [3.63, 3.8) is 0 Å². The van der Waals surface area contributed by atoms with Gasteiger partial charge in [0.15, 0.2) is 0 Å². The van der Waals surface area contributed by atoms with Crippen molar-refractivity contribution in [3.05, 3.63) is 59.9 Å². The predicted molar refractivity (Wildman–Crippen MR) is 71.5 cm³/mol. The summed E-state index contributed by atoms with van der Waals surface area (Å²) >= 11 is 0. The molecule has 2 aromatic carbocycles. The largest absolute Gasteiger partial charge is 0.326 e. The Kier molecular flexibility index (Phi) is 3.82. The summed E-state index contributed by atoms with van der Waals surface area (Å²) in [5.74, 6) is -0.532. The van der Waals surface area contributed by atoms with Crippen LogP contribution < -0.4 is 10.5 Å². The molecule has 0 spiro atoms. The van der Waals surface area contributed by atoms with E-state index < -0.39 is 15.8 Å². The average molecular weight is 280 g/mol. The maximum absolute atomic E-state index is 13.5. The van der Waals surface area contributed by atoms with Gasteiger partial charge in [0.1, 0.15) is 5.82 Å². The summed E-state index contributed by atoms with van der Waals surface area (Å²) in [6.07, 6.45) is 0. The molecular formula is C13H13FN2O2S. The first-order chi connectivity index (χ1) is 9.04. The van der Waals surface area contributed by atoms with Gasteiger partial charge in [0.2, 0.25) is 0 Å².